The van der Waals surface area contributed by atoms with Crippen LogP contribution in [0.1, 0.15) is 136 Å². The van der Waals surface area contributed by atoms with Crippen molar-refractivity contribution in [3.63, 3.8) is 0 Å². The zero-order chi connectivity index (χ0) is 36.8. The minimum absolute atomic E-state index is 0.0397. The van der Waals surface area contributed by atoms with Crippen LogP contribution in [0, 0.1) is 0 Å². The van der Waals surface area contributed by atoms with Crippen LogP contribution in [0.3, 0.4) is 0 Å². The number of esters is 2. The van der Waals surface area contributed by atoms with E-state index >= 15 is 0 Å². The number of carbonyl (C=O) groups is 2. The first-order chi connectivity index (χ1) is 24.3. The third-order valence-electron chi connectivity index (χ3n) is 7.33. The Morgan fingerprint density at radius 2 is 1.12 bits per heavy atom. The summed E-state index contributed by atoms with van der Waals surface area (Å²) in [6.07, 6.45) is 42.3. The van der Waals surface area contributed by atoms with Gasteiger partial charge in [-0.1, -0.05) is 119 Å². The number of nitrogens with two attached hydrogens (primary N) is 1. The van der Waals surface area contributed by atoms with Crippen molar-refractivity contribution >= 4 is 19.8 Å². The van der Waals surface area contributed by atoms with Crippen molar-refractivity contribution in [2.45, 2.75) is 142 Å². The van der Waals surface area contributed by atoms with Crippen molar-refractivity contribution in [1.29, 1.82) is 0 Å². The molecule has 0 amide bonds. The van der Waals surface area contributed by atoms with Gasteiger partial charge in [0.15, 0.2) is 6.10 Å². The maximum absolute atomic E-state index is 12.5. The molecular weight excluding hydrogens is 653 g/mol. The van der Waals surface area contributed by atoms with Crippen LogP contribution in [0.2, 0.25) is 0 Å². The lowest BCUT2D eigenvalue weighted by Crippen LogP contribution is -2.29. The molecular formula is C40H68NO8P. The van der Waals surface area contributed by atoms with E-state index in [0.717, 1.165) is 70.6 Å². The van der Waals surface area contributed by atoms with Crippen LogP contribution in [0.5, 0.6) is 0 Å². The minimum Gasteiger partial charge on any atom is -0.462 e. The Balaban J connectivity index is 4.37. The number of phosphoric acid groups is 1. The van der Waals surface area contributed by atoms with Crippen molar-refractivity contribution in [2.24, 2.45) is 5.73 Å². The topological polar surface area (TPSA) is 134 Å². The Hall–Kier alpha value is -2.55. The summed E-state index contributed by atoms with van der Waals surface area (Å²) in [7, 11) is -4.39. The standard InChI is InChI=1S/C40H68NO8P/c1-3-5-7-9-11-13-15-17-18-19-20-21-23-25-27-29-31-33-40(43)49-38(37-48-50(44,45)47-35-34-41)36-46-39(42)32-30-28-26-24-22-16-14-12-10-8-6-4-2/h5,7,11-14,17-18,20-21,25,27,38H,3-4,6,8-10,15-16,19,22-24,26,28-37,41H2,1-2H3,(H,44,45)/b7-5+,13-11+,14-12+,18-17+,21-20+,27-25+/t38-/m1/s1. The molecule has 0 fully saturated rings. The van der Waals surface area contributed by atoms with Gasteiger partial charge in [-0.3, -0.25) is 18.6 Å². The van der Waals surface area contributed by atoms with E-state index in [9.17, 15) is 19.0 Å². The molecule has 0 saturated heterocycles. The Labute approximate surface area is 303 Å². The molecule has 0 aliphatic heterocycles. The van der Waals surface area contributed by atoms with Crippen molar-refractivity contribution in [1.82, 2.24) is 0 Å². The van der Waals surface area contributed by atoms with Crippen LogP contribution in [0.25, 0.3) is 0 Å². The summed E-state index contributed by atoms with van der Waals surface area (Å²) in [6, 6.07) is 0. The molecule has 1 unspecified atom stereocenters. The Kier molecular flexibility index (Phi) is 34.4. The fraction of sp³-hybridized carbons (Fsp3) is 0.650. The lowest BCUT2D eigenvalue weighted by atomic mass is 10.1. The molecule has 0 aromatic rings. The van der Waals surface area contributed by atoms with E-state index in [0.29, 0.717) is 19.3 Å². The van der Waals surface area contributed by atoms with E-state index in [1.165, 1.54) is 19.3 Å². The molecule has 0 spiro atoms. The van der Waals surface area contributed by atoms with E-state index in [1.54, 1.807) is 0 Å². The molecule has 0 radical (unpaired) electrons. The monoisotopic (exact) mass is 721 g/mol. The average Bonchev–Trinajstić information content (AvgIpc) is 3.10. The number of phosphoric ester groups is 1. The summed E-state index contributed by atoms with van der Waals surface area (Å²) >= 11 is 0. The summed E-state index contributed by atoms with van der Waals surface area (Å²) in [5.41, 5.74) is 5.32. The summed E-state index contributed by atoms with van der Waals surface area (Å²) in [4.78, 5) is 34.7. The third kappa shape index (κ3) is 35.3. The Morgan fingerprint density at radius 3 is 1.72 bits per heavy atom. The molecule has 0 saturated carbocycles. The van der Waals surface area contributed by atoms with Crippen molar-refractivity contribution < 1.29 is 37.6 Å². The lowest BCUT2D eigenvalue weighted by molar-refractivity contribution is -0.161. The second-order valence-corrected chi connectivity index (χ2v) is 13.5. The largest absolute Gasteiger partial charge is 0.472 e. The van der Waals surface area contributed by atoms with E-state index in [-0.39, 0.29) is 32.6 Å². The molecule has 0 aromatic heterocycles. The average molecular weight is 722 g/mol. The fourth-order valence-corrected chi connectivity index (χ4v) is 5.31. The highest BCUT2D eigenvalue weighted by atomic mass is 31.2. The number of allylic oxidation sites excluding steroid dienone is 12. The van der Waals surface area contributed by atoms with Gasteiger partial charge in [0, 0.05) is 19.4 Å². The summed E-state index contributed by atoms with van der Waals surface area (Å²) in [5, 5.41) is 0. The Bertz CT molecular complexity index is 1050. The molecule has 0 aromatic carbocycles. The van der Waals surface area contributed by atoms with Crippen molar-refractivity contribution in [3.8, 4) is 0 Å². The molecule has 0 rings (SSSR count). The molecule has 0 aliphatic rings. The highest BCUT2D eigenvalue weighted by Gasteiger charge is 2.25. The van der Waals surface area contributed by atoms with E-state index < -0.39 is 32.5 Å². The molecule has 9 nitrogen and oxygen atoms in total. The zero-order valence-electron chi connectivity index (χ0n) is 31.1. The van der Waals surface area contributed by atoms with Gasteiger partial charge in [-0.2, -0.15) is 0 Å². The second-order valence-electron chi connectivity index (χ2n) is 12.1. The molecule has 286 valence electrons. The number of rotatable bonds is 34. The number of carbonyl (C=O) groups excluding carboxylic acids is 2. The van der Waals surface area contributed by atoms with Crippen LogP contribution in [-0.2, 0) is 32.7 Å². The van der Waals surface area contributed by atoms with Gasteiger partial charge in [-0.15, -0.1) is 0 Å². The van der Waals surface area contributed by atoms with Crippen LogP contribution < -0.4 is 5.73 Å². The minimum atomic E-state index is -4.39. The van der Waals surface area contributed by atoms with Gasteiger partial charge >= 0.3 is 19.8 Å². The highest BCUT2D eigenvalue weighted by molar-refractivity contribution is 7.47. The van der Waals surface area contributed by atoms with Gasteiger partial charge in [0.1, 0.15) is 6.61 Å². The lowest BCUT2D eigenvalue weighted by Gasteiger charge is -2.19. The van der Waals surface area contributed by atoms with Gasteiger partial charge in [0.2, 0.25) is 0 Å². The predicted molar refractivity (Wildman–Crippen MR) is 206 cm³/mol. The first kappa shape index (κ1) is 47.4. The summed E-state index contributed by atoms with van der Waals surface area (Å²) in [5.74, 6) is -0.917. The summed E-state index contributed by atoms with van der Waals surface area (Å²) < 4.78 is 32.6. The molecule has 2 atom stereocenters. The molecule has 0 bridgehead atoms. The molecule has 0 aliphatic carbocycles. The zero-order valence-corrected chi connectivity index (χ0v) is 32.0. The van der Waals surface area contributed by atoms with Crippen molar-refractivity contribution in [3.05, 3.63) is 72.9 Å². The van der Waals surface area contributed by atoms with Crippen LogP contribution >= 0.6 is 7.82 Å². The van der Waals surface area contributed by atoms with Gasteiger partial charge in [-0.05, 0) is 77.0 Å². The molecule has 50 heavy (non-hydrogen) atoms. The quantitative estimate of drug-likeness (QED) is 0.0288. The molecule has 0 heterocycles. The maximum atomic E-state index is 12.5. The number of hydrogen-bond donors (Lipinski definition) is 2. The van der Waals surface area contributed by atoms with Crippen LogP contribution in [0.15, 0.2) is 72.9 Å². The SMILES string of the molecule is CC/C=C/C/C=C/C/C=C/C/C=C/C/C=C/CCCC(=O)O[C@H](COC(=O)CCCCCCC/C=C/CCCCC)COP(=O)(O)OCCN. The van der Waals surface area contributed by atoms with Crippen LogP contribution in [0.4, 0.5) is 0 Å². The highest BCUT2D eigenvalue weighted by Crippen LogP contribution is 2.43. The second kappa shape index (κ2) is 36.2. The Morgan fingerprint density at radius 1 is 0.620 bits per heavy atom. The number of unbranched alkanes of at least 4 members (excludes halogenated alkanes) is 9. The van der Waals surface area contributed by atoms with E-state index in [1.807, 2.05) is 6.08 Å². The molecule has 3 N–H and O–H groups in total. The fourth-order valence-electron chi connectivity index (χ4n) is 4.54. The van der Waals surface area contributed by atoms with E-state index in [2.05, 4.69) is 80.7 Å². The number of hydrogen-bond acceptors (Lipinski definition) is 8. The predicted octanol–water partition coefficient (Wildman–Crippen LogP) is 10.3. The molecule has 10 heteroatoms. The van der Waals surface area contributed by atoms with Gasteiger partial charge in [0.25, 0.3) is 0 Å². The summed E-state index contributed by atoms with van der Waals surface area (Å²) in [6.45, 7) is 3.48. The van der Waals surface area contributed by atoms with Gasteiger partial charge < -0.3 is 20.1 Å². The van der Waals surface area contributed by atoms with Gasteiger partial charge in [0.05, 0.1) is 13.2 Å². The van der Waals surface area contributed by atoms with Crippen molar-refractivity contribution in [2.75, 3.05) is 26.4 Å². The maximum Gasteiger partial charge on any atom is 0.472 e. The van der Waals surface area contributed by atoms with E-state index in [4.69, 9.17) is 24.3 Å². The van der Waals surface area contributed by atoms with Gasteiger partial charge in [-0.25, -0.2) is 4.57 Å². The third-order valence-corrected chi connectivity index (χ3v) is 8.31. The first-order valence-electron chi connectivity index (χ1n) is 18.9. The first-order valence-corrected chi connectivity index (χ1v) is 20.4. The number of ether oxygens (including phenoxy) is 2. The smallest absolute Gasteiger partial charge is 0.462 e. The van der Waals surface area contributed by atoms with Crippen LogP contribution in [-0.4, -0.2) is 49.3 Å². The normalized spacial score (nSPS) is 14.2.